The van der Waals surface area contributed by atoms with Crippen LogP contribution in [0.3, 0.4) is 0 Å². The first-order chi connectivity index (χ1) is 8.99. The van der Waals surface area contributed by atoms with Crippen LogP contribution in [0.2, 0.25) is 10.0 Å². The number of nitro benzene ring substituents is 1. The molecule has 0 bridgehead atoms. The molecule has 104 valence electrons. The van der Waals surface area contributed by atoms with Crippen LogP contribution in [-0.4, -0.2) is 11.0 Å². The Morgan fingerprint density at radius 3 is 2.47 bits per heavy atom. The molecular formula is C13H16Cl2N2O2. The van der Waals surface area contributed by atoms with Gasteiger partial charge in [0.25, 0.3) is 5.69 Å². The minimum absolute atomic E-state index is 0.0285. The monoisotopic (exact) mass is 302 g/mol. The van der Waals surface area contributed by atoms with E-state index in [4.69, 9.17) is 23.2 Å². The van der Waals surface area contributed by atoms with Gasteiger partial charge in [0.1, 0.15) is 5.69 Å². The van der Waals surface area contributed by atoms with Crippen LogP contribution in [0.25, 0.3) is 0 Å². The number of rotatable bonds is 4. The number of halogens is 2. The molecule has 1 aliphatic carbocycles. The van der Waals surface area contributed by atoms with E-state index >= 15 is 0 Å². The minimum atomic E-state index is -0.439. The zero-order chi connectivity index (χ0) is 14.0. The third-order valence-corrected chi connectivity index (χ3v) is 4.45. The van der Waals surface area contributed by atoms with Crippen molar-refractivity contribution in [1.82, 2.24) is 0 Å². The molecule has 0 heterocycles. The maximum Gasteiger partial charge on any atom is 0.293 e. The van der Waals surface area contributed by atoms with Gasteiger partial charge in [-0.3, -0.25) is 10.1 Å². The molecule has 19 heavy (non-hydrogen) atoms. The van der Waals surface area contributed by atoms with Crippen LogP contribution in [0.5, 0.6) is 0 Å². The largest absolute Gasteiger partial charge is 0.377 e. The summed E-state index contributed by atoms with van der Waals surface area (Å²) in [6, 6.07) is 3.03. The number of anilines is 1. The molecule has 0 spiro atoms. The Kier molecular flexibility index (Phi) is 4.53. The summed E-state index contributed by atoms with van der Waals surface area (Å²) in [6.45, 7) is 2.06. The Labute approximate surface area is 122 Å². The van der Waals surface area contributed by atoms with Crippen molar-refractivity contribution in [2.24, 2.45) is 5.92 Å². The summed E-state index contributed by atoms with van der Waals surface area (Å²) in [4.78, 5) is 10.6. The third-order valence-electron chi connectivity index (χ3n) is 3.73. The molecule has 1 N–H and O–H groups in total. The lowest BCUT2D eigenvalue weighted by molar-refractivity contribution is -0.384. The highest BCUT2D eigenvalue weighted by molar-refractivity contribution is 6.42. The second kappa shape index (κ2) is 5.97. The van der Waals surface area contributed by atoms with Crippen molar-refractivity contribution in [1.29, 1.82) is 0 Å². The molecule has 6 heteroatoms. The van der Waals surface area contributed by atoms with E-state index in [2.05, 4.69) is 12.2 Å². The van der Waals surface area contributed by atoms with Gasteiger partial charge in [-0.15, -0.1) is 0 Å². The molecule has 0 aliphatic heterocycles. The summed E-state index contributed by atoms with van der Waals surface area (Å²) in [7, 11) is 0. The van der Waals surface area contributed by atoms with Crippen LogP contribution in [-0.2, 0) is 0 Å². The first-order valence-corrected chi connectivity index (χ1v) is 7.14. The quantitative estimate of drug-likeness (QED) is 0.636. The van der Waals surface area contributed by atoms with Crippen molar-refractivity contribution in [3.05, 3.63) is 32.3 Å². The molecule has 0 amide bonds. The predicted molar refractivity (Wildman–Crippen MR) is 78.2 cm³/mol. The van der Waals surface area contributed by atoms with E-state index < -0.39 is 4.92 Å². The molecule has 0 saturated heterocycles. The van der Waals surface area contributed by atoms with E-state index in [0.29, 0.717) is 16.6 Å². The first kappa shape index (κ1) is 14.4. The number of benzene rings is 1. The van der Waals surface area contributed by atoms with Crippen molar-refractivity contribution in [2.75, 3.05) is 5.32 Å². The molecule has 2 rings (SSSR count). The molecule has 1 atom stereocenters. The molecule has 1 fully saturated rings. The van der Waals surface area contributed by atoms with Crippen molar-refractivity contribution in [2.45, 2.75) is 38.6 Å². The van der Waals surface area contributed by atoms with Gasteiger partial charge < -0.3 is 5.32 Å². The normalized spacial score (nSPS) is 17.4. The molecule has 1 unspecified atom stereocenters. The smallest absolute Gasteiger partial charge is 0.293 e. The number of nitrogens with one attached hydrogen (secondary N) is 1. The van der Waals surface area contributed by atoms with Gasteiger partial charge in [-0.05, 0) is 31.7 Å². The fourth-order valence-corrected chi connectivity index (χ4v) is 2.95. The molecule has 4 nitrogen and oxygen atoms in total. The zero-order valence-electron chi connectivity index (χ0n) is 10.7. The van der Waals surface area contributed by atoms with Gasteiger partial charge in [0.05, 0.1) is 15.0 Å². The number of hydrogen-bond donors (Lipinski definition) is 1. The van der Waals surface area contributed by atoms with Gasteiger partial charge in [0, 0.05) is 12.1 Å². The van der Waals surface area contributed by atoms with Gasteiger partial charge in [-0.25, -0.2) is 0 Å². The van der Waals surface area contributed by atoms with Crippen LogP contribution >= 0.6 is 23.2 Å². The van der Waals surface area contributed by atoms with E-state index in [0.717, 1.165) is 0 Å². The third kappa shape index (κ3) is 3.31. The highest BCUT2D eigenvalue weighted by Crippen LogP contribution is 2.36. The van der Waals surface area contributed by atoms with Crippen molar-refractivity contribution in [3.8, 4) is 0 Å². The highest BCUT2D eigenvalue weighted by atomic mass is 35.5. The van der Waals surface area contributed by atoms with Gasteiger partial charge >= 0.3 is 0 Å². The Hall–Kier alpha value is -1.00. The average molecular weight is 303 g/mol. The summed E-state index contributed by atoms with van der Waals surface area (Å²) >= 11 is 11.8. The summed E-state index contributed by atoms with van der Waals surface area (Å²) in [5.74, 6) is 0.564. The van der Waals surface area contributed by atoms with Crippen molar-refractivity contribution < 1.29 is 4.92 Å². The summed E-state index contributed by atoms with van der Waals surface area (Å²) in [5.41, 5.74) is 0.415. The molecule has 1 aromatic carbocycles. The lowest BCUT2D eigenvalue weighted by Crippen LogP contribution is -2.24. The Morgan fingerprint density at radius 2 is 1.89 bits per heavy atom. The van der Waals surface area contributed by atoms with Gasteiger partial charge in [-0.1, -0.05) is 36.0 Å². The summed E-state index contributed by atoms with van der Waals surface area (Å²) in [6.07, 6.45) is 4.81. The van der Waals surface area contributed by atoms with Crippen molar-refractivity contribution >= 4 is 34.6 Å². The van der Waals surface area contributed by atoms with E-state index in [1.807, 2.05) is 0 Å². The maximum absolute atomic E-state index is 11.1. The molecule has 0 aromatic heterocycles. The van der Waals surface area contributed by atoms with Gasteiger partial charge in [-0.2, -0.15) is 0 Å². The van der Waals surface area contributed by atoms with Crippen LogP contribution in [0, 0.1) is 16.0 Å². The van der Waals surface area contributed by atoms with Gasteiger partial charge in [0.2, 0.25) is 0 Å². The van der Waals surface area contributed by atoms with E-state index in [-0.39, 0.29) is 16.8 Å². The molecular weight excluding hydrogens is 287 g/mol. The lowest BCUT2D eigenvalue weighted by atomic mass is 9.99. The van der Waals surface area contributed by atoms with E-state index in [1.54, 1.807) is 0 Å². The van der Waals surface area contributed by atoms with E-state index in [1.165, 1.54) is 37.8 Å². The van der Waals surface area contributed by atoms with Crippen LogP contribution < -0.4 is 5.32 Å². The Balaban J connectivity index is 2.22. The van der Waals surface area contributed by atoms with Crippen LogP contribution in [0.1, 0.15) is 32.6 Å². The fraction of sp³-hybridized carbons (Fsp3) is 0.538. The number of nitrogens with zero attached hydrogens (tertiary/aromatic N) is 1. The molecule has 1 aliphatic rings. The van der Waals surface area contributed by atoms with E-state index in [9.17, 15) is 10.1 Å². The summed E-state index contributed by atoms with van der Waals surface area (Å²) in [5, 5.41) is 14.8. The van der Waals surface area contributed by atoms with Crippen LogP contribution in [0.15, 0.2) is 12.1 Å². The molecule has 1 aromatic rings. The molecule has 1 saturated carbocycles. The fourth-order valence-electron chi connectivity index (χ4n) is 2.62. The molecule has 0 radical (unpaired) electrons. The Morgan fingerprint density at radius 1 is 1.32 bits per heavy atom. The average Bonchev–Trinajstić information content (AvgIpc) is 2.86. The Bertz CT molecular complexity index is 488. The van der Waals surface area contributed by atoms with Gasteiger partial charge in [0.15, 0.2) is 0 Å². The predicted octanol–water partition coefficient (Wildman–Crippen LogP) is 4.89. The standard InChI is InChI=1S/C13H16Cl2N2O2/c1-8(9-4-2-3-5-9)16-12-6-10(14)11(15)7-13(12)17(18)19/h6-9,16H,2-5H2,1H3. The maximum atomic E-state index is 11.1. The lowest BCUT2D eigenvalue weighted by Gasteiger charge is -2.21. The highest BCUT2D eigenvalue weighted by Gasteiger charge is 2.24. The second-order valence-corrected chi connectivity index (χ2v) is 5.83. The first-order valence-electron chi connectivity index (χ1n) is 6.39. The zero-order valence-corrected chi connectivity index (χ0v) is 12.2. The van der Waals surface area contributed by atoms with Crippen LogP contribution in [0.4, 0.5) is 11.4 Å². The number of hydrogen-bond acceptors (Lipinski definition) is 3. The topological polar surface area (TPSA) is 55.2 Å². The second-order valence-electron chi connectivity index (χ2n) is 5.02. The summed E-state index contributed by atoms with van der Waals surface area (Å²) < 4.78 is 0. The van der Waals surface area contributed by atoms with Crippen molar-refractivity contribution in [3.63, 3.8) is 0 Å². The SMILES string of the molecule is CC(Nc1cc(Cl)c(Cl)cc1[N+](=O)[O-])C1CCCC1. The number of nitro groups is 1. The minimum Gasteiger partial charge on any atom is -0.377 e.